The molecule has 1 aliphatic heterocycles. The van der Waals surface area contributed by atoms with Crippen LogP contribution in [-0.4, -0.2) is 54.9 Å². The number of amides is 3. The first-order valence-electron chi connectivity index (χ1n) is 10.0. The van der Waals surface area contributed by atoms with Gasteiger partial charge in [-0.1, -0.05) is 26.0 Å². The number of nitrogens with one attached hydrogen (secondary N) is 2. The molecule has 1 fully saturated rings. The summed E-state index contributed by atoms with van der Waals surface area (Å²) in [6.07, 6.45) is 4.53. The summed E-state index contributed by atoms with van der Waals surface area (Å²) in [6.45, 7) is 6.74. The maximum Gasteiger partial charge on any atom is 0.244 e. The fraction of sp³-hybridized carbons (Fsp3) is 0.500. The molecule has 0 radical (unpaired) electrons. The zero-order chi connectivity index (χ0) is 21.4. The second kappa shape index (κ2) is 10.6. The Morgan fingerprint density at radius 3 is 2.28 bits per heavy atom. The maximum absolute atomic E-state index is 12.4. The number of carbonyl (C=O) groups is 3. The molecule has 1 aliphatic rings. The van der Waals surface area contributed by atoms with Crippen molar-refractivity contribution >= 4 is 23.8 Å². The van der Waals surface area contributed by atoms with Crippen LogP contribution in [0, 0.1) is 5.92 Å². The Kier molecular flexibility index (Phi) is 8.24. The van der Waals surface area contributed by atoms with E-state index in [2.05, 4.69) is 10.6 Å². The topological polar surface area (TPSA) is 87.7 Å². The Labute approximate surface area is 172 Å². The minimum atomic E-state index is -0.640. The molecule has 158 valence electrons. The number of hydrogen-bond donors (Lipinski definition) is 2. The van der Waals surface area contributed by atoms with Crippen LogP contribution in [0.5, 0.6) is 5.75 Å². The average Bonchev–Trinajstić information content (AvgIpc) is 2.72. The number of hydrogen-bond acceptors (Lipinski definition) is 4. The summed E-state index contributed by atoms with van der Waals surface area (Å²) in [5.41, 5.74) is 0.862. The second-order valence-electron chi connectivity index (χ2n) is 7.60. The van der Waals surface area contributed by atoms with Crippen molar-refractivity contribution in [3.05, 3.63) is 35.9 Å². The lowest BCUT2D eigenvalue weighted by atomic mass is 10.0. The summed E-state index contributed by atoms with van der Waals surface area (Å²) in [5, 5.41) is 5.65. The molecule has 1 atom stereocenters. The van der Waals surface area contributed by atoms with E-state index in [1.54, 1.807) is 20.1 Å². The van der Waals surface area contributed by atoms with Gasteiger partial charge in [-0.05, 0) is 43.5 Å². The van der Waals surface area contributed by atoms with E-state index in [0.717, 1.165) is 24.2 Å². The van der Waals surface area contributed by atoms with E-state index in [4.69, 9.17) is 4.74 Å². The molecule has 2 N–H and O–H groups in total. The first-order valence-corrected chi connectivity index (χ1v) is 10.0. The number of methoxy groups -OCH3 is 1. The Balaban J connectivity index is 1.76. The highest BCUT2D eigenvalue weighted by Gasteiger charge is 2.26. The van der Waals surface area contributed by atoms with Crippen LogP contribution in [0.4, 0.5) is 0 Å². The quantitative estimate of drug-likeness (QED) is 0.684. The number of benzene rings is 1. The second-order valence-corrected chi connectivity index (χ2v) is 7.60. The van der Waals surface area contributed by atoms with Gasteiger partial charge in [0.2, 0.25) is 17.7 Å². The van der Waals surface area contributed by atoms with E-state index in [-0.39, 0.29) is 29.7 Å². The van der Waals surface area contributed by atoms with Crippen molar-refractivity contribution < 1.29 is 19.1 Å². The Morgan fingerprint density at radius 2 is 1.72 bits per heavy atom. The molecule has 0 aromatic heterocycles. The number of ether oxygens (including phenoxy) is 1. The third-order valence-corrected chi connectivity index (χ3v) is 4.94. The number of nitrogens with zero attached hydrogens (tertiary/aromatic N) is 1. The summed E-state index contributed by atoms with van der Waals surface area (Å²) in [4.78, 5) is 38.3. The minimum absolute atomic E-state index is 0.0117. The molecule has 7 nitrogen and oxygen atoms in total. The molecule has 0 saturated carbocycles. The summed E-state index contributed by atoms with van der Waals surface area (Å²) in [6, 6.07) is 6.69. The van der Waals surface area contributed by atoms with E-state index < -0.39 is 6.04 Å². The zero-order valence-electron chi connectivity index (χ0n) is 17.6. The summed E-state index contributed by atoms with van der Waals surface area (Å²) in [7, 11) is 1.60. The molecule has 1 saturated heterocycles. The molecule has 1 aromatic carbocycles. The van der Waals surface area contributed by atoms with Crippen LogP contribution in [0.15, 0.2) is 30.3 Å². The van der Waals surface area contributed by atoms with Gasteiger partial charge >= 0.3 is 0 Å². The molecular weight excluding hydrogens is 370 g/mol. The molecule has 3 amide bonds. The van der Waals surface area contributed by atoms with E-state index in [9.17, 15) is 14.4 Å². The van der Waals surface area contributed by atoms with Crippen LogP contribution < -0.4 is 15.4 Å². The Morgan fingerprint density at radius 1 is 1.10 bits per heavy atom. The fourth-order valence-corrected chi connectivity index (χ4v) is 3.15. The fourth-order valence-electron chi connectivity index (χ4n) is 3.15. The molecular formula is C22H31N3O4. The lowest BCUT2D eigenvalue weighted by Crippen LogP contribution is -2.52. The predicted octanol–water partition coefficient (Wildman–Crippen LogP) is 1.98. The molecule has 1 unspecified atom stereocenters. The smallest absolute Gasteiger partial charge is 0.244 e. The molecule has 29 heavy (non-hydrogen) atoms. The third-order valence-electron chi connectivity index (χ3n) is 4.94. The predicted molar refractivity (Wildman–Crippen MR) is 112 cm³/mol. The van der Waals surface area contributed by atoms with E-state index in [0.29, 0.717) is 13.1 Å². The van der Waals surface area contributed by atoms with Gasteiger partial charge in [0.1, 0.15) is 11.8 Å². The number of piperidine rings is 1. The Bertz CT molecular complexity index is 735. The van der Waals surface area contributed by atoms with Gasteiger partial charge in [0.15, 0.2) is 0 Å². The van der Waals surface area contributed by atoms with Gasteiger partial charge in [0.25, 0.3) is 0 Å². The monoisotopic (exact) mass is 401 g/mol. The highest BCUT2D eigenvalue weighted by atomic mass is 16.5. The Hall–Kier alpha value is -2.83. The largest absolute Gasteiger partial charge is 0.497 e. The van der Waals surface area contributed by atoms with Gasteiger partial charge in [0.05, 0.1) is 7.11 Å². The number of likely N-dealkylation sites (tertiary alicyclic amines) is 1. The molecule has 1 heterocycles. The van der Waals surface area contributed by atoms with Crippen molar-refractivity contribution in [2.24, 2.45) is 5.92 Å². The van der Waals surface area contributed by atoms with Crippen LogP contribution in [0.25, 0.3) is 6.08 Å². The lowest BCUT2D eigenvalue weighted by molar-refractivity contribution is -0.135. The van der Waals surface area contributed by atoms with Crippen molar-refractivity contribution in [2.75, 3.05) is 20.2 Å². The number of carbonyl (C=O) groups excluding carboxylic acids is 3. The van der Waals surface area contributed by atoms with Gasteiger partial charge in [-0.25, -0.2) is 0 Å². The summed E-state index contributed by atoms with van der Waals surface area (Å²) in [5.74, 6) is 0.336. The van der Waals surface area contributed by atoms with Gasteiger partial charge in [-0.2, -0.15) is 0 Å². The summed E-state index contributed by atoms with van der Waals surface area (Å²) < 4.78 is 5.10. The van der Waals surface area contributed by atoms with Gasteiger partial charge in [0, 0.05) is 31.1 Å². The number of rotatable bonds is 7. The standard InChI is InChI=1S/C22H31N3O4/c1-15(2)22(28)25-13-11-18(12-14-25)24-21(27)16(3)23-20(26)10-7-17-5-8-19(29-4)9-6-17/h5-10,15-16,18H,11-14H2,1-4H3,(H,23,26)(H,24,27)/b10-7+. The molecule has 2 rings (SSSR count). The van der Waals surface area contributed by atoms with Crippen LogP contribution in [0.3, 0.4) is 0 Å². The normalized spacial score (nSPS) is 16.0. The van der Waals surface area contributed by atoms with E-state index in [1.807, 2.05) is 43.0 Å². The highest BCUT2D eigenvalue weighted by Crippen LogP contribution is 2.14. The van der Waals surface area contributed by atoms with Crippen LogP contribution in [0.2, 0.25) is 0 Å². The molecule has 1 aromatic rings. The van der Waals surface area contributed by atoms with Crippen molar-refractivity contribution in [1.29, 1.82) is 0 Å². The molecule has 0 bridgehead atoms. The van der Waals surface area contributed by atoms with Gasteiger partial charge in [-0.15, -0.1) is 0 Å². The first kappa shape index (κ1) is 22.5. The van der Waals surface area contributed by atoms with Crippen molar-refractivity contribution in [2.45, 2.75) is 45.7 Å². The van der Waals surface area contributed by atoms with Crippen LogP contribution in [0.1, 0.15) is 39.2 Å². The summed E-state index contributed by atoms with van der Waals surface area (Å²) >= 11 is 0. The van der Waals surface area contributed by atoms with Gasteiger partial charge in [-0.3, -0.25) is 14.4 Å². The average molecular weight is 402 g/mol. The van der Waals surface area contributed by atoms with Crippen molar-refractivity contribution in [1.82, 2.24) is 15.5 Å². The molecule has 7 heteroatoms. The van der Waals surface area contributed by atoms with E-state index >= 15 is 0 Å². The first-order chi connectivity index (χ1) is 13.8. The van der Waals surface area contributed by atoms with Crippen LogP contribution in [-0.2, 0) is 14.4 Å². The molecule has 0 spiro atoms. The molecule has 0 aliphatic carbocycles. The SMILES string of the molecule is COc1ccc(/C=C/C(=O)NC(C)C(=O)NC2CCN(C(=O)C(C)C)CC2)cc1. The van der Waals surface area contributed by atoms with Gasteiger partial charge < -0.3 is 20.3 Å². The third kappa shape index (κ3) is 6.93. The van der Waals surface area contributed by atoms with Crippen molar-refractivity contribution in [3.63, 3.8) is 0 Å². The lowest BCUT2D eigenvalue weighted by Gasteiger charge is -2.33. The highest BCUT2D eigenvalue weighted by molar-refractivity contribution is 5.95. The zero-order valence-corrected chi connectivity index (χ0v) is 17.6. The maximum atomic E-state index is 12.4. The van der Waals surface area contributed by atoms with Crippen molar-refractivity contribution in [3.8, 4) is 5.75 Å². The van der Waals surface area contributed by atoms with Crippen LogP contribution >= 0.6 is 0 Å². The van der Waals surface area contributed by atoms with E-state index in [1.165, 1.54) is 6.08 Å². The minimum Gasteiger partial charge on any atom is -0.497 e.